The minimum absolute atomic E-state index is 0.00771. The zero-order valence-corrected chi connectivity index (χ0v) is 17.5. The highest BCUT2D eigenvalue weighted by atomic mass is 16.5. The van der Waals surface area contributed by atoms with E-state index < -0.39 is 0 Å². The van der Waals surface area contributed by atoms with Crippen LogP contribution in [-0.2, 0) is 9.59 Å². The molecule has 7 heteroatoms. The molecule has 1 fully saturated rings. The average molecular weight is 404 g/mol. The van der Waals surface area contributed by atoms with Gasteiger partial charge in [0, 0.05) is 44.1 Å². The fourth-order valence-corrected chi connectivity index (χ4v) is 3.39. The molecule has 1 saturated heterocycles. The van der Waals surface area contributed by atoms with Gasteiger partial charge < -0.3 is 15.4 Å². The van der Waals surface area contributed by atoms with Gasteiger partial charge in [0.15, 0.2) is 5.78 Å². The molecular formula is C22H33N3O4. The van der Waals surface area contributed by atoms with Gasteiger partial charge in [-0.25, -0.2) is 0 Å². The summed E-state index contributed by atoms with van der Waals surface area (Å²) in [6.07, 6.45) is 3.86. The standard InChI is InChI=1S/C22H33N3O4/c1-3-13-23-22(28)16-25-14-11-18(12-15-25)24-21(27)6-4-5-20(26)17-7-9-19(29-2)10-8-17/h7-10,18H,3-6,11-16H2,1-2H3,(H,23,28)(H,24,27). The Balaban J connectivity index is 1.61. The number of amides is 2. The topological polar surface area (TPSA) is 87.7 Å². The second kappa shape index (κ2) is 12.2. The molecule has 0 bridgehead atoms. The van der Waals surface area contributed by atoms with E-state index in [2.05, 4.69) is 15.5 Å². The lowest BCUT2D eigenvalue weighted by atomic mass is 10.0. The molecule has 1 aromatic carbocycles. The Hall–Kier alpha value is -2.41. The van der Waals surface area contributed by atoms with E-state index in [1.807, 2.05) is 6.92 Å². The van der Waals surface area contributed by atoms with E-state index in [9.17, 15) is 14.4 Å². The highest BCUT2D eigenvalue weighted by Crippen LogP contribution is 2.14. The van der Waals surface area contributed by atoms with Crippen LogP contribution < -0.4 is 15.4 Å². The van der Waals surface area contributed by atoms with Crippen LogP contribution in [0.25, 0.3) is 0 Å². The fraction of sp³-hybridized carbons (Fsp3) is 0.591. The molecule has 1 aliphatic heterocycles. The van der Waals surface area contributed by atoms with Gasteiger partial charge in [-0.05, 0) is 49.9 Å². The van der Waals surface area contributed by atoms with Crippen molar-refractivity contribution in [1.82, 2.24) is 15.5 Å². The van der Waals surface area contributed by atoms with Crippen molar-refractivity contribution >= 4 is 17.6 Å². The minimum atomic E-state index is -0.00771. The van der Waals surface area contributed by atoms with Crippen molar-refractivity contribution < 1.29 is 19.1 Å². The first-order valence-electron chi connectivity index (χ1n) is 10.5. The zero-order chi connectivity index (χ0) is 21.1. The number of methoxy groups -OCH3 is 1. The predicted octanol–water partition coefficient (Wildman–Crippen LogP) is 2.15. The number of likely N-dealkylation sites (tertiary alicyclic amines) is 1. The summed E-state index contributed by atoms with van der Waals surface area (Å²) in [6.45, 7) is 4.78. The van der Waals surface area contributed by atoms with Gasteiger partial charge in [0.2, 0.25) is 11.8 Å². The van der Waals surface area contributed by atoms with Gasteiger partial charge >= 0.3 is 0 Å². The van der Waals surface area contributed by atoms with Crippen molar-refractivity contribution in [3.63, 3.8) is 0 Å². The Morgan fingerprint density at radius 3 is 2.38 bits per heavy atom. The quantitative estimate of drug-likeness (QED) is 0.553. The van der Waals surface area contributed by atoms with Gasteiger partial charge in [0.05, 0.1) is 13.7 Å². The monoisotopic (exact) mass is 403 g/mol. The Bertz CT molecular complexity index is 667. The number of ketones is 1. The number of carbonyl (C=O) groups excluding carboxylic acids is 3. The van der Waals surface area contributed by atoms with E-state index in [4.69, 9.17) is 4.74 Å². The number of rotatable bonds is 11. The molecule has 0 radical (unpaired) electrons. The maximum Gasteiger partial charge on any atom is 0.234 e. The largest absolute Gasteiger partial charge is 0.497 e. The molecule has 160 valence electrons. The van der Waals surface area contributed by atoms with E-state index >= 15 is 0 Å². The van der Waals surface area contributed by atoms with E-state index in [-0.39, 0.29) is 23.6 Å². The van der Waals surface area contributed by atoms with E-state index in [0.29, 0.717) is 43.7 Å². The van der Waals surface area contributed by atoms with Crippen LogP contribution in [0.3, 0.4) is 0 Å². The fourth-order valence-electron chi connectivity index (χ4n) is 3.39. The van der Waals surface area contributed by atoms with Gasteiger partial charge in [-0.2, -0.15) is 0 Å². The summed E-state index contributed by atoms with van der Waals surface area (Å²) in [7, 11) is 1.59. The summed E-state index contributed by atoms with van der Waals surface area (Å²) in [5.74, 6) is 0.811. The van der Waals surface area contributed by atoms with E-state index in [1.165, 1.54) is 0 Å². The van der Waals surface area contributed by atoms with Crippen LogP contribution >= 0.6 is 0 Å². The highest BCUT2D eigenvalue weighted by Gasteiger charge is 2.22. The third-order valence-corrected chi connectivity index (χ3v) is 5.11. The van der Waals surface area contributed by atoms with E-state index in [0.717, 1.165) is 32.4 Å². The van der Waals surface area contributed by atoms with Crippen molar-refractivity contribution in [3.05, 3.63) is 29.8 Å². The summed E-state index contributed by atoms with van der Waals surface area (Å²) in [5.41, 5.74) is 0.640. The van der Waals surface area contributed by atoms with Crippen LogP contribution in [0.2, 0.25) is 0 Å². The Morgan fingerprint density at radius 1 is 1.07 bits per heavy atom. The van der Waals surface area contributed by atoms with Gasteiger partial charge in [0.1, 0.15) is 5.75 Å². The van der Waals surface area contributed by atoms with Crippen molar-refractivity contribution in [2.24, 2.45) is 0 Å². The molecule has 2 rings (SSSR count). The van der Waals surface area contributed by atoms with Crippen molar-refractivity contribution in [1.29, 1.82) is 0 Å². The number of piperidine rings is 1. The molecule has 1 aliphatic rings. The highest BCUT2D eigenvalue weighted by molar-refractivity contribution is 5.96. The van der Waals surface area contributed by atoms with Gasteiger partial charge in [-0.1, -0.05) is 6.92 Å². The molecule has 29 heavy (non-hydrogen) atoms. The number of nitrogens with one attached hydrogen (secondary N) is 2. The van der Waals surface area contributed by atoms with Gasteiger partial charge in [-0.15, -0.1) is 0 Å². The van der Waals surface area contributed by atoms with Crippen molar-refractivity contribution in [2.75, 3.05) is 33.3 Å². The number of ether oxygens (including phenoxy) is 1. The predicted molar refractivity (Wildman–Crippen MR) is 112 cm³/mol. The first kappa shape index (κ1) is 22.9. The van der Waals surface area contributed by atoms with Crippen LogP contribution in [0.1, 0.15) is 55.8 Å². The SMILES string of the molecule is CCCNC(=O)CN1CCC(NC(=O)CCCC(=O)c2ccc(OC)cc2)CC1. The maximum atomic E-state index is 12.2. The summed E-state index contributed by atoms with van der Waals surface area (Å²) >= 11 is 0. The Morgan fingerprint density at radius 2 is 1.76 bits per heavy atom. The number of nitrogens with zero attached hydrogens (tertiary/aromatic N) is 1. The average Bonchev–Trinajstić information content (AvgIpc) is 2.73. The van der Waals surface area contributed by atoms with Crippen LogP contribution in [0.15, 0.2) is 24.3 Å². The minimum Gasteiger partial charge on any atom is -0.497 e. The number of hydrogen-bond acceptors (Lipinski definition) is 5. The van der Waals surface area contributed by atoms with Crippen molar-refractivity contribution in [3.8, 4) is 5.75 Å². The van der Waals surface area contributed by atoms with Crippen molar-refractivity contribution in [2.45, 2.75) is 51.5 Å². The summed E-state index contributed by atoms with van der Waals surface area (Å²) in [4.78, 5) is 38.3. The van der Waals surface area contributed by atoms with Crippen LogP contribution in [0.4, 0.5) is 0 Å². The number of carbonyl (C=O) groups is 3. The molecular weight excluding hydrogens is 370 g/mol. The third kappa shape index (κ3) is 8.23. The smallest absolute Gasteiger partial charge is 0.234 e. The molecule has 0 unspecified atom stereocenters. The number of Topliss-reactive ketones (excluding diaryl/α,β-unsaturated/α-hetero) is 1. The first-order valence-corrected chi connectivity index (χ1v) is 10.5. The molecule has 0 saturated carbocycles. The molecule has 0 aliphatic carbocycles. The van der Waals surface area contributed by atoms with Gasteiger partial charge in [0.25, 0.3) is 0 Å². The molecule has 1 aromatic rings. The second-order valence-electron chi connectivity index (χ2n) is 7.47. The Kier molecular flexibility index (Phi) is 9.64. The summed E-state index contributed by atoms with van der Waals surface area (Å²) in [5, 5.41) is 5.95. The maximum absolute atomic E-state index is 12.2. The molecule has 7 nitrogen and oxygen atoms in total. The lowest BCUT2D eigenvalue weighted by molar-refractivity contribution is -0.124. The lowest BCUT2D eigenvalue weighted by Gasteiger charge is -2.31. The lowest BCUT2D eigenvalue weighted by Crippen LogP contribution is -2.47. The van der Waals surface area contributed by atoms with Crippen LogP contribution in [0, 0.1) is 0 Å². The molecule has 0 spiro atoms. The second-order valence-corrected chi connectivity index (χ2v) is 7.47. The zero-order valence-electron chi connectivity index (χ0n) is 17.5. The molecule has 0 aromatic heterocycles. The third-order valence-electron chi connectivity index (χ3n) is 5.11. The van der Waals surface area contributed by atoms with Gasteiger partial charge in [-0.3, -0.25) is 19.3 Å². The molecule has 2 amide bonds. The van der Waals surface area contributed by atoms with E-state index in [1.54, 1.807) is 31.4 Å². The van der Waals surface area contributed by atoms with Crippen LogP contribution in [-0.4, -0.2) is 61.8 Å². The normalized spacial score (nSPS) is 15.0. The molecule has 2 N–H and O–H groups in total. The Labute approximate surface area is 173 Å². The number of benzene rings is 1. The molecule has 1 heterocycles. The summed E-state index contributed by atoms with van der Waals surface area (Å²) < 4.78 is 5.09. The summed E-state index contributed by atoms with van der Waals surface area (Å²) in [6, 6.07) is 7.17. The van der Waals surface area contributed by atoms with Crippen LogP contribution in [0.5, 0.6) is 5.75 Å². The molecule has 0 atom stereocenters. The number of hydrogen-bond donors (Lipinski definition) is 2. The first-order chi connectivity index (χ1) is 14.0.